The van der Waals surface area contributed by atoms with Gasteiger partial charge in [-0.2, -0.15) is 0 Å². The number of amides is 1. The molecular weight excluding hydrogens is 278 g/mol. The summed E-state index contributed by atoms with van der Waals surface area (Å²) in [4.78, 5) is 37.1. The number of piperidine rings is 1. The lowest BCUT2D eigenvalue weighted by molar-refractivity contribution is -0.160. The predicted octanol–water partition coefficient (Wildman–Crippen LogP) is 1.21. The van der Waals surface area contributed by atoms with Crippen molar-refractivity contribution in [3.8, 4) is 0 Å². The fourth-order valence-electron chi connectivity index (χ4n) is 2.27. The Morgan fingerprint density at radius 1 is 1.00 bits per heavy atom. The molecule has 0 bridgehead atoms. The van der Waals surface area contributed by atoms with Crippen LogP contribution in [0.2, 0.25) is 0 Å². The van der Waals surface area contributed by atoms with Gasteiger partial charge >= 0.3 is 18.0 Å². The number of nitrogens with zero attached hydrogens (tertiary/aromatic N) is 1. The van der Waals surface area contributed by atoms with E-state index in [9.17, 15) is 14.4 Å². The summed E-state index contributed by atoms with van der Waals surface area (Å²) in [5.74, 6) is -2.32. The van der Waals surface area contributed by atoms with Crippen LogP contribution in [0.1, 0.15) is 27.2 Å². The molecule has 2 atom stereocenters. The van der Waals surface area contributed by atoms with Crippen molar-refractivity contribution >= 4 is 18.0 Å². The van der Waals surface area contributed by atoms with Gasteiger partial charge in [-0.1, -0.05) is 0 Å². The first-order valence-corrected chi connectivity index (χ1v) is 6.83. The number of ether oxygens (including phenoxy) is 3. The van der Waals surface area contributed by atoms with E-state index in [0.29, 0.717) is 13.0 Å². The minimum absolute atomic E-state index is 0.0847. The Labute approximate surface area is 124 Å². The van der Waals surface area contributed by atoms with E-state index in [-0.39, 0.29) is 6.54 Å². The maximum absolute atomic E-state index is 12.1. The molecule has 0 radical (unpaired) electrons. The Balaban J connectivity index is 2.81. The van der Waals surface area contributed by atoms with E-state index in [0.717, 1.165) is 0 Å². The lowest BCUT2D eigenvalue weighted by Crippen LogP contribution is -2.50. The lowest BCUT2D eigenvalue weighted by Gasteiger charge is -2.36. The van der Waals surface area contributed by atoms with Crippen LogP contribution in [0.15, 0.2) is 0 Å². The number of carbonyl (C=O) groups is 3. The summed E-state index contributed by atoms with van der Waals surface area (Å²) in [6.45, 7) is 5.72. The lowest BCUT2D eigenvalue weighted by atomic mass is 9.85. The van der Waals surface area contributed by atoms with Crippen LogP contribution in [0, 0.1) is 11.8 Å². The molecule has 1 rings (SSSR count). The summed E-state index contributed by atoms with van der Waals surface area (Å²) in [7, 11) is 2.53. The second-order valence-electron chi connectivity index (χ2n) is 5.97. The van der Waals surface area contributed by atoms with E-state index in [1.165, 1.54) is 19.1 Å². The highest BCUT2D eigenvalue weighted by Crippen LogP contribution is 2.27. The topological polar surface area (TPSA) is 82.1 Å². The molecule has 0 N–H and O–H groups in total. The summed E-state index contributed by atoms with van der Waals surface area (Å²) < 4.78 is 14.7. The average molecular weight is 301 g/mol. The van der Waals surface area contributed by atoms with Crippen LogP contribution in [0.5, 0.6) is 0 Å². The number of likely N-dealkylation sites (tertiary alicyclic amines) is 1. The smallest absolute Gasteiger partial charge is 0.410 e. The molecule has 0 aliphatic carbocycles. The van der Waals surface area contributed by atoms with Gasteiger partial charge < -0.3 is 19.1 Å². The molecule has 1 heterocycles. The van der Waals surface area contributed by atoms with Gasteiger partial charge in [0, 0.05) is 13.1 Å². The maximum Gasteiger partial charge on any atom is 0.410 e. The summed E-state index contributed by atoms with van der Waals surface area (Å²) >= 11 is 0. The van der Waals surface area contributed by atoms with Gasteiger partial charge in [0.05, 0.1) is 26.1 Å². The Morgan fingerprint density at radius 3 is 2.00 bits per heavy atom. The van der Waals surface area contributed by atoms with Crippen LogP contribution in [0.4, 0.5) is 4.79 Å². The van der Waals surface area contributed by atoms with E-state index in [2.05, 4.69) is 0 Å². The van der Waals surface area contributed by atoms with Crippen molar-refractivity contribution in [1.82, 2.24) is 4.90 Å². The van der Waals surface area contributed by atoms with Gasteiger partial charge in [0.15, 0.2) is 0 Å². The molecule has 1 aliphatic heterocycles. The molecule has 120 valence electrons. The minimum atomic E-state index is -0.733. The van der Waals surface area contributed by atoms with Gasteiger partial charge in [-0.05, 0) is 27.2 Å². The Hall–Kier alpha value is -1.79. The maximum atomic E-state index is 12.1. The molecule has 1 amide bonds. The number of hydrogen-bond donors (Lipinski definition) is 0. The first-order chi connectivity index (χ1) is 9.69. The first-order valence-electron chi connectivity index (χ1n) is 6.83. The highest BCUT2D eigenvalue weighted by atomic mass is 16.6. The Kier molecular flexibility index (Phi) is 5.57. The van der Waals surface area contributed by atoms with Crippen LogP contribution in [-0.4, -0.2) is 55.8 Å². The molecule has 0 saturated carbocycles. The Morgan fingerprint density at radius 2 is 1.52 bits per heavy atom. The van der Waals surface area contributed by atoms with Crippen LogP contribution < -0.4 is 0 Å². The molecule has 1 fully saturated rings. The van der Waals surface area contributed by atoms with E-state index < -0.39 is 35.5 Å². The standard InChI is InChI=1S/C14H23NO6/c1-14(2,3)21-13(18)15-7-6-9(11(16)19-4)10(8-15)12(17)20-5/h9-10H,6-8H2,1-5H3/t9-,10-/m0/s1. The molecule has 1 aliphatic rings. The fourth-order valence-corrected chi connectivity index (χ4v) is 2.27. The zero-order chi connectivity index (χ0) is 16.2. The first kappa shape index (κ1) is 17.3. The van der Waals surface area contributed by atoms with Gasteiger partial charge in [-0.15, -0.1) is 0 Å². The molecule has 1 saturated heterocycles. The molecule has 0 aromatic heterocycles. The molecule has 0 aromatic rings. The van der Waals surface area contributed by atoms with Crippen molar-refractivity contribution in [3.05, 3.63) is 0 Å². The monoisotopic (exact) mass is 301 g/mol. The molecule has 0 unspecified atom stereocenters. The quantitative estimate of drug-likeness (QED) is 0.563. The molecule has 0 spiro atoms. The summed E-state index contributed by atoms with van der Waals surface area (Å²) in [5.41, 5.74) is -0.614. The minimum Gasteiger partial charge on any atom is -0.469 e. The van der Waals surface area contributed by atoms with Gasteiger partial charge in [0.25, 0.3) is 0 Å². The number of carbonyl (C=O) groups excluding carboxylic acids is 3. The Bertz CT molecular complexity index is 414. The number of rotatable bonds is 2. The van der Waals surface area contributed by atoms with Gasteiger partial charge in [0.2, 0.25) is 0 Å². The van der Waals surface area contributed by atoms with E-state index in [4.69, 9.17) is 14.2 Å². The zero-order valence-electron chi connectivity index (χ0n) is 13.2. The van der Waals surface area contributed by atoms with Gasteiger partial charge in [0.1, 0.15) is 5.60 Å². The molecule has 7 heteroatoms. The second kappa shape index (κ2) is 6.78. The molecule has 0 aromatic carbocycles. The number of methoxy groups -OCH3 is 2. The number of hydrogen-bond acceptors (Lipinski definition) is 6. The van der Waals surface area contributed by atoms with Crippen LogP contribution in [-0.2, 0) is 23.8 Å². The largest absolute Gasteiger partial charge is 0.469 e. The van der Waals surface area contributed by atoms with Gasteiger partial charge in [-0.3, -0.25) is 9.59 Å². The van der Waals surface area contributed by atoms with Crippen LogP contribution >= 0.6 is 0 Å². The van der Waals surface area contributed by atoms with E-state index in [1.807, 2.05) is 0 Å². The van der Waals surface area contributed by atoms with Gasteiger partial charge in [-0.25, -0.2) is 4.79 Å². The van der Waals surface area contributed by atoms with Crippen molar-refractivity contribution in [2.75, 3.05) is 27.3 Å². The summed E-state index contributed by atoms with van der Waals surface area (Å²) in [6.07, 6.45) is -0.161. The van der Waals surface area contributed by atoms with Crippen LogP contribution in [0.3, 0.4) is 0 Å². The van der Waals surface area contributed by atoms with Crippen molar-refractivity contribution in [3.63, 3.8) is 0 Å². The SMILES string of the molecule is COC(=O)[C@H]1CCN(C(=O)OC(C)(C)C)C[C@@H]1C(=O)OC. The third-order valence-corrected chi connectivity index (χ3v) is 3.27. The fraction of sp³-hybridized carbons (Fsp3) is 0.786. The summed E-state index contributed by atoms with van der Waals surface area (Å²) in [6, 6.07) is 0. The van der Waals surface area contributed by atoms with Crippen molar-refractivity contribution in [2.45, 2.75) is 32.8 Å². The highest BCUT2D eigenvalue weighted by Gasteiger charge is 2.42. The second-order valence-corrected chi connectivity index (χ2v) is 5.97. The van der Waals surface area contributed by atoms with Crippen molar-refractivity contribution in [1.29, 1.82) is 0 Å². The van der Waals surface area contributed by atoms with E-state index in [1.54, 1.807) is 20.8 Å². The molecule has 21 heavy (non-hydrogen) atoms. The van der Waals surface area contributed by atoms with Crippen molar-refractivity contribution < 1.29 is 28.6 Å². The average Bonchev–Trinajstić information content (AvgIpc) is 2.43. The zero-order valence-corrected chi connectivity index (χ0v) is 13.2. The van der Waals surface area contributed by atoms with Crippen molar-refractivity contribution in [2.24, 2.45) is 11.8 Å². The molecular formula is C14H23NO6. The third-order valence-electron chi connectivity index (χ3n) is 3.27. The van der Waals surface area contributed by atoms with E-state index >= 15 is 0 Å². The summed E-state index contributed by atoms with van der Waals surface area (Å²) in [5, 5.41) is 0. The predicted molar refractivity (Wildman–Crippen MR) is 73.4 cm³/mol. The normalized spacial score (nSPS) is 22.4. The number of esters is 2. The highest BCUT2D eigenvalue weighted by molar-refractivity contribution is 5.83. The van der Waals surface area contributed by atoms with Crippen LogP contribution in [0.25, 0.3) is 0 Å². The third kappa shape index (κ3) is 4.61. The molecule has 7 nitrogen and oxygen atoms in total.